The van der Waals surface area contributed by atoms with Crippen molar-refractivity contribution < 1.29 is 24.0 Å². The molecule has 2 atom stereocenters. The number of carbonyl (C=O) groups is 2. The molecular formula is C22H26N3O4+. The third kappa shape index (κ3) is 4.93. The minimum absolute atomic E-state index is 0.0258. The van der Waals surface area contributed by atoms with E-state index in [0.717, 1.165) is 38.4 Å². The SMILES string of the molecule is O=C(C[C@H]1Oc2ccccc2NC1=O)N[C@H](C[NH+]1CCOCC1)c1ccccc1. The average molecular weight is 396 g/mol. The molecule has 1 fully saturated rings. The Hall–Kier alpha value is -2.90. The van der Waals surface area contributed by atoms with Crippen LogP contribution < -0.4 is 20.3 Å². The van der Waals surface area contributed by atoms with E-state index in [-0.39, 0.29) is 24.3 Å². The molecule has 0 aromatic heterocycles. The molecule has 2 amide bonds. The molecule has 1 saturated heterocycles. The van der Waals surface area contributed by atoms with Gasteiger partial charge in [0.1, 0.15) is 31.4 Å². The second kappa shape index (κ2) is 9.07. The molecule has 7 nitrogen and oxygen atoms in total. The van der Waals surface area contributed by atoms with E-state index in [0.29, 0.717) is 11.4 Å². The molecule has 0 aliphatic carbocycles. The van der Waals surface area contributed by atoms with Crippen LogP contribution in [0.15, 0.2) is 54.6 Å². The molecule has 152 valence electrons. The van der Waals surface area contributed by atoms with Crippen molar-refractivity contribution >= 4 is 17.5 Å². The Bertz CT molecular complexity index is 852. The summed E-state index contributed by atoms with van der Waals surface area (Å²) in [6, 6.07) is 17.0. The Kier molecular flexibility index (Phi) is 6.07. The number of ether oxygens (including phenoxy) is 2. The second-order valence-electron chi connectivity index (χ2n) is 7.39. The van der Waals surface area contributed by atoms with Crippen LogP contribution in [-0.4, -0.2) is 50.8 Å². The van der Waals surface area contributed by atoms with Gasteiger partial charge >= 0.3 is 0 Å². The summed E-state index contributed by atoms with van der Waals surface area (Å²) in [4.78, 5) is 26.5. The number of fused-ring (bicyclic) bond motifs is 1. The van der Waals surface area contributed by atoms with Crippen molar-refractivity contribution in [3.05, 3.63) is 60.2 Å². The monoisotopic (exact) mass is 396 g/mol. The molecule has 0 unspecified atom stereocenters. The standard InChI is InChI=1S/C22H25N3O4/c26-21(14-20-22(27)24-17-8-4-5-9-19(17)29-20)23-18(16-6-2-1-3-7-16)15-25-10-12-28-13-11-25/h1-9,18,20H,10-15H2,(H,23,26)(H,24,27)/p+1/t18-,20-/m1/s1. The summed E-state index contributed by atoms with van der Waals surface area (Å²) in [6.45, 7) is 4.09. The Morgan fingerprint density at radius 3 is 2.62 bits per heavy atom. The number of quaternary nitrogens is 1. The number of hydrogen-bond acceptors (Lipinski definition) is 4. The van der Waals surface area contributed by atoms with Gasteiger partial charge in [0.2, 0.25) is 5.91 Å². The van der Waals surface area contributed by atoms with E-state index in [1.54, 1.807) is 12.1 Å². The van der Waals surface area contributed by atoms with Crippen LogP contribution in [0.4, 0.5) is 5.69 Å². The van der Waals surface area contributed by atoms with Gasteiger partial charge in [0, 0.05) is 0 Å². The van der Waals surface area contributed by atoms with Gasteiger partial charge in [0.05, 0.1) is 25.3 Å². The Balaban J connectivity index is 1.41. The lowest BCUT2D eigenvalue weighted by Crippen LogP contribution is -3.14. The number of benzene rings is 2. The molecule has 0 bridgehead atoms. The molecule has 0 saturated carbocycles. The predicted molar refractivity (Wildman–Crippen MR) is 108 cm³/mol. The number of rotatable bonds is 6. The summed E-state index contributed by atoms with van der Waals surface area (Å²) in [5.41, 5.74) is 1.69. The van der Waals surface area contributed by atoms with Crippen LogP contribution in [0.1, 0.15) is 18.0 Å². The number of nitrogens with one attached hydrogen (secondary N) is 3. The maximum absolute atomic E-state index is 12.8. The third-order valence-corrected chi connectivity index (χ3v) is 5.31. The molecule has 2 aromatic rings. The summed E-state index contributed by atoms with van der Waals surface area (Å²) >= 11 is 0. The van der Waals surface area contributed by atoms with E-state index in [1.165, 1.54) is 4.90 Å². The van der Waals surface area contributed by atoms with Crippen molar-refractivity contribution in [2.75, 3.05) is 38.2 Å². The quantitative estimate of drug-likeness (QED) is 0.666. The largest absolute Gasteiger partial charge is 0.478 e. The Morgan fingerprint density at radius 1 is 1.10 bits per heavy atom. The lowest BCUT2D eigenvalue weighted by Gasteiger charge is -2.29. The molecule has 0 radical (unpaired) electrons. The number of carbonyl (C=O) groups excluding carboxylic acids is 2. The molecule has 0 spiro atoms. The zero-order valence-corrected chi connectivity index (χ0v) is 16.2. The molecule has 4 rings (SSSR count). The molecule has 3 N–H and O–H groups in total. The maximum Gasteiger partial charge on any atom is 0.266 e. The molecule has 2 aromatic carbocycles. The first-order chi connectivity index (χ1) is 14.2. The van der Waals surface area contributed by atoms with E-state index in [1.807, 2.05) is 42.5 Å². The highest BCUT2D eigenvalue weighted by atomic mass is 16.5. The topological polar surface area (TPSA) is 81.1 Å². The number of morpholine rings is 1. The zero-order valence-electron chi connectivity index (χ0n) is 16.2. The molecule has 2 aliphatic rings. The fraction of sp³-hybridized carbons (Fsp3) is 0.364. The number of hydrogen-bond donors (Lipinski definition) is 3. The zero-order chi connectivity index (χ0) is 20.1. The van der Waals surface area contributed by atoms with Crippen LogP contribution in [0.3, 0.4) is 0 Å². The lowest BCUT2D eigenvalue weighted by molar-refractivity contribution is -0.909. The number of anilines is 1. The van der Waals surface area contributed by atoms with Gasteiger partial charge in [-0.2, -0.15) is 0 Å². The van der Waals surface area contributed by atoms with Gasteiger partial charge in [-0.05, 0) is 17.7 Å². The van der Waals surface area contributed by atoms with Crippen LogP contribution in [0, 0.1) is 0 Å². The fourth-order valence-corrected chi connectivity index (χ4v) is 3.74. The van der Waals surface area contributed by atoms with Crippen LogP contribution in [-0.2, 0) is 14.3 Å². The third-order valence-electron chi connectivity index (χ3n) is 5.31. The smallest absolute Gasteiger partial charge is 0.266 e. The molecule has 2 heterocycles. The summed E-state index contributed by atoms with van der Waals surface area (Å²) in [6.07, 6.45) is -0.862. The molecule has 2 aliphatic heterocycles. The molecular weight excluding hydrogens is 370 g/mol. The van der Waals surface area contributed by atoms with Crippen LogP contribution >= 0.6 is 0 Å². The maximum atomic E-state index is 12.8. The van der Waals surface area contributed by atoms with Gasteiger partial charge in [-0.15, -0.1) is 0 Å². The van der Waals surface area contributed by atoms with Gasteiger partial charge in [-0.1, -0.05) is 42.5 Å². The lowest BCUT2D eigenvalue weighted by atomic mass is 10.1. The number of amides is 2. The van der Waals surface area contributed by atoms with Crippen molar-refractivity contribution in [2.45, 2.75) is 18.6 Å². The summed E-state index contributed by atoms with van der Waals surface area (Å²) in [5, 5.41) is 5.92. The molecule has 7 heteroatoms. The van der Waals surface area contributed by atoms with Crippen molar-refractivity contribution in [1.82, 2.24) is 5.32 Å². The van der Waals surface area contributed by atoms with E-state index in [2.05, 4.69) is 10.6 Å². The van der Waals surface area contributed by atoms with Crippen molar-refractivity contribution in [1.29, 1.82) is 0 Å². The van der Waals surface area contributed by atoms with E-state index in [4.69, 9.17) is 9.47 Å². The highest BCUT2D eigenvalue weighted by Crippen LogP contribution is 2.29. The average Bonchev–Trinajstić information content (AvgIpc) is 2.75. The summed E-state index contributed by atoms with van der Waals surface area (Å²) in [7, 11) is 0. The number of para-hydroxylation sites is 2. The summed E-state index contributed by atoms with van der Waals surface area (Å²) in [5.74, 6) is 0.0854. The first kappa shape index (κ1) is 19.4. The van der Waals surface area contributed by atoms with Crippen LogP contribution in [0.2, 0.25) is 0 Å². The Labute approximate surface area is 170 Å². The van der Waals surface area contributed by atoms with Gasteiger partial charge in [-0.3, -0.25) is 9.59 Å². The molecule has 29 heavy (non-hydrogen) atoms. The van der Waals surface area contributed by atoms with Crippen molar-refractivity contribution in [3.8, 4) is 5.75 Å². The van der Waals surface area contributed by atoms with Gasteiger partial charge in [0.15, 0.2) is 6.10 Å². The predicted octanol–water partition coefficient (Wildman–Crippen LogP) is 0.549. The normalized spacial score (nSPS) is 20.1. The van der Waals surface area contributed by atoms with Crippen LogP contribution in [0.25, 0.3) is 0 Å². The van der Waals surface area contributed by atoms with E-state index in [9.17, 15) is 9.59 Å². The first-order valence-corrected chi connectivity index (χ1v) is 10.0. The van der Waals surface area contributed by atoms with Crippen molar-refractivity contribution in [2.24, 2.45) is 0 Å². The van der Waals surface area contributed by atoms with Gasteiger partial charge in [-0.25, -0.2) is 0 Å². The highest BCUT2D eigenvalue weighted by Gasteiger charge is 2.31. The van der Waals surface area contributed by atoms with Gasteiger partial charge in [0.25, 0.3) is 5.91 Å². The van der Waals surface area contributed by atoms with E-state index >= 15 is 0 Å². The highest BCUT2D eigenvalue weighted by molar-refractivity contribution is 5.99. The summed E-state index contributed by atoms with van der Waals surface area (Å²) < 4.78 is 11.2. The van der Waals surface area contributed by atoms with Gasteiger partial charge < -0.3 is 25.0 Å². The minimum atomic E-state index is -0.836. The first-order valence-electron chi connectivity index (χ1n) is 10.0. The van der Waals surface area contributed by atoms with Crippen LogP contribution in [0.5, 0.6) is 5.75 Å². The van der Waals surface area contributed by atoms with Crippen molar-refractivity contribution in [3.63, 3.8) is 0 Å². The second-order valence-corrected chi connectivity index (χ2v) is 7.39. The Morgan fingerprint density at radius 2 is 1.83 bits per heavy atom. The fourth-order valence-electron chi connectivity index (χ4n) is 3.74. The minimum Gasteiger partial charge on any atom is -0.478 e. The van der Waals surface area contributed by atoms with E-state index < -0.39 is 6.10 Å².